The fourth-order valence-corrected chi connectivity index (χ4v) is 2.59. The molecule has 0 radical (unpaired) electrons. The predicted molar refractivity (Wildman–Crippen MR) is 110 cm³/mol. The number of allylic oxidation sites excluding steroid dienone is 2. The zero-order valence-corrected chi connectivity index (χ0v) is 16.3. The maximum absolute atomic E-state index is 12.5. The molecule has 0 atom stereocenters. The highest BCUT2D eigenvalue weighted by Crippen LogP contribution is 2.12. The first-order valence-electron chi connectivity index (χ1n) is 8.49. The van der Waals surface area contributed by atoms with Gasteiger partial charge in [0.2, 0.25) is 0 Å². The Kier molecular flexibility index (Phi) is 8.48. The molecular weight excluding hydrogens is 408 g/mol. The van der Waals surface area contributed by atoms with Crippen molar-refractivity contribution in [3.63, 3.8) is 0 Å². The minimum Gasteiger partial charge on any atom is -0.396 e. The molecule has 0 fully saturated rings. The van der Waals surface area contributed by atoms with Gasteiger partial charge in [0.05, 0.1) is 0 Å². The first-order chi connectivity index (χ1) is 13.1. The standard InChI is InChI=1S/C21H21BrN2O3/c22-18-11-5-10-17(15-18)20(26)24-19(21(27)23-13-6-14-25)12-4-9-16-7-2-1-3-8-16/h1-5,7-12,15,25H,6,13-14H2,(H,23,27)(H,24,26)/b9-4-,19-12-. The normalized spacial score (nSPS) is 11.4. The molecule has 0 aliphatic rings. The van der Waals surface area contributed by atoms with Gasteiger partial charge in [0.15, 0.2) is 0 Å². The second-order valence-corrected chi connectivity index (χ2v) is 6.56. The van der Waals surface area contributed by atoms with Gasteiger partial charge in [-0.25, -0.2) is 0 Å². The van der Waals surface area contributed by atoms with Gasteiger partial charge < -0.3 is 15.7 Å². The van der Waals surface area contributed by atoms with Crippen LogP contribution in [0.5, 0.6) is 0 Å². The lowest BCUT2D eigenvalue weighted by Crippen LogP contribution is -2.35. The van der Waals surface area contributed by atoms with Crippen LogP contribution in [0.1, 0.15) is 22.3 Å². The number of amides is 2. The number of benzene rings is 2. The van der Waals surface area contributed by atoms with Crippen LogP contribution in [-0.4, -0.2) is 30.1 Å². The van der Waals surface area contributed by atoms with Gasteiger partial charge in [-0.2, -0.15) is 0 Å². The number of hydrogen-bond donors (Lipinski definition) is 3. The molecule has 0 spiro atoms. The Morgan fingerprint density at radius 2 is 1.85 bits per heavy atom. The van der Waals surface area contributed by atoms with E-state index in [1.165, 1.54) is 0 Å². The van der Waals surface area contributed by atoms with Crippen LogP contribution in [0.3, 0.4) is 0 Å². The minimum atomic E-state index is -0.412. The summed E-state index contributed by atoms with van der Waals surface area (Å²) in [4.78, 5) is 24.8. The van der Waals surface area contributed by atoms with E-state index in [-0.39, 0.29) is 18.2 Å². The van der Waals surface area contributed by atoms with Gasteiger partial charge in [-0.1, -0.05) is 64.5 Å². The molecule has 0 bridgehead atoms. The Balaban J connectivity index is 2.15. The zero-order valence-electron chi connectivity index (χ0n) is 14.7. The fraction of sp³-hybridized carbons (Fsp3) is 0.143. The van der Waals surface area contributed by atoms with Crippen molar-refractivity contribution < 1.29 is 14.7 Å². The molecule has 2 amide bonds. The van der Waals surface area contributed by atoms with Crippen molar-refractivity contribution in [2.24, 2.45) is 0 Å². The van der Waals surface area contributed by atoms with Gasteiger partial charge in [0.25, 0.3) is 11.8 Å². The summed E-state index contributed by atoms with van der Waals surface area (Å²) in [5.74, 6) is -0.794. The lowest BCUT2D eigenvalue weighted by Gasteiger charge is -2.10. The molecule has 5 nitrogen and oxygen atoms in total. The van der Waals surface area contributed by atoms with Gasteiger partial charge in [-0.05, 0) is 36.3 Å². The quantitative estimate of drug-likeness (QED) is 0.343. The van der Waals surface area contributed by atoms with Gasteiger partial charge in [0, 0.05) is 23.2 Å². The number of carbonyl (C=O) groups excluding carboxylic acids is 2. The zero-order chi connectivity index (χ0) is 19.5. The van der Waals surface area contributed by atoms with Gasteiger partial charge >= 0.3 is 0 Å². The van der Waals surface area contributed by atoms with Crippen molar-refractivity contribution in [1.82, 2.24) is 10.6 Å². The number of carbonyl (C=O) groups is 2. The summed E-state index contributed by atoms with van der Waals surface area (Å²) in [6, 6.07) is 16.5. The van der Waals surface area contributed by atoms with Crippen molar-refractivity contribution in [2.75, 3.05) is 13.2 Å². The third-order valence-electron chi connectivity index (χ3n) is 3.55. The summed E-state index contributed by atoms with van der Waals surface area (Å²) in [6.45, 7) is 0.305. The van der Waals surface area contributed by atoms with E-state index in [1.807, 2.05) is 42.5 Å². The highest BCUT2D eigenvalue weighted by molar-refractivity contribution is 9.10. The molecule has 6 heteroatoms. The molecule has 140 valence electrons. The Hall–Kier alpha value is -2.70. The van der Waals surface area contributed by atoms with Crippen LogP contribution in [0, 0.1) is 0 Å². The van der Waals surface area contributed by atoms with Crippen LogP contribution < -0.4 is 10.6 Å². The maximum atomic E-state index is 12.5. The number of aliphatic hydroxyl groups is 1. The van der Waals surface area contributed by atoms with Gasteiger partial charge in [-0.3, -0.25) is 9.59 Å². The molecule has 27 heavy (non-hydrogen) atoms. The number of rotatable bonds is 8. The smallest absolute Gasteiger partial charge is 0.267 e. The van der Waals surface area contributed by atoms with E-state index in [2.05, 4.69) is 26.6 Å². The van der Waals surface area contributed by atoms with Crippen LogP contribution in [-0.2, 0) is 4.79 Å². The summed E-state index contributed by atoms with van der Waals surface area (Å²) in [5, 5.41) is 14.2. The summed E-state index contributed by atoms with van der Waals surface area (Å²) >= 11 is 3.33. The summed E-state index contributed by atoms with van der Waals surface area (Å²) < 4.78 is 0.775. The molecule has 0 aliphatic carbocycles. The van der Waals surface area contributed by atoms with Crippen molar-refractivity contribution in [2.45, 2.75) is 6.42 Å². The number of halogens is 1. The average Bonchev–Trinajstić information content (AvgIpc) is 2.68. The third-order valence-corrected chi connectivity index (χ3v) is 4.04. The predicted octanol–water partition coefficient (Wildman–Crippen LogP) is 3.27. The largest absolute Gasteiger partial charge is 0.396 e. The van der Waals surface area contributed by atoms with E-state index in [0.717, 1.165) is 10.0 Å². The third kappa shape index (κ3) is 7.21. The average molecular weight is 429 g/mol. The van der Waals surface area contributed by atoms with E-state index in [4.69, 9.17) is 5.11 Å². The Bertz CT molecular complexity index is 832. The Morgan fingerprint density at radius 3 is 2.56 bits per heavy atom. The minimum absolute atomic E-state index is 0.0162. The number of hydrogen-bond acceptors (Lipinski definition) is 3. The van der Waals surface area contributed by atoms with Crippen molar-refractivity contribution in [1.29, 1.82) is 0 Å². The van der Waals surface area contributed by atoms with E-state index in [9.17, 15) is 9.59 Å². The second kappa shape index (κ2) is 11.1. The molecular formula is C21H21BrN2O3. The van der Waals surface area contributed by atoms with Crippen molar-refractivity contribution in [3.05, 3.63) is 88.0 Å². The van der Waals surface area contributed by atoms with E-state index >= 15 is 0 Å². The van der Waals surface area contributed by atoms with E-state index < -0.39 is 5.91 Å². The SMILES string of the molecule is O=C(NCCCO)/C(=C/C=C\c1ccccc1)NC(=O)c1cccc(Br)c1. The number of nitrogens with one attached hydrogen (secondary N) is 2. The topological polar surface area (TPSA) is 78.4 Å². The molecule has 2 aromatic rings. The Labute approximate surface area is 166 Å². The first kappa shape index (κ1) is 20.6. The van der Waals surface area contributed by atoms with E-state index in [0.29, 0.717) is 18.5 Å². The summed E-state index contributed by atoms with van der Waals surface area (Å²) in [5.41, 5.74) is 1.54. The van der Waals surface area contributed by atoms with Gasteiger partial charge in [-0.15, -0.1) is 0 Å². The molecule has 0 aromatic heterocycles. The molecule has 3 N–H and O–H groups in total. The highest BCUT2D eigenvalue weighted by atomic mass is 79.9. The lowest BCUT2D eigenvalue weighted by molar-refractivity contribution is -0.117. The van der Waals surface area contributed by atoms with Crippen LogP contribution in [0.2, 0.25) is 0 Å². The second-order valence-electron chi connectivity index (χ2n) is 5.65. The van der Waals surface area contributed by atoms with Crippen molar-refractivity contribution >= 4 is 33.8 Å². The number of aliphatic hydroxyl groups excluding tert-OH is 1. The van der Waals surface area contributed by atoms with Crippen LogP contribution >= 0.6 is 15.9 Å². The van der Waals surface area contributed by atoms with Crippen LogP contribution in [0.4, 0.5) is 0 Å². The summed E-state index contributed by atoms with van der Waals surface area (Å²) in [7, 11) is 0. The van der Waals surface area contributed by atoms with E-state index in [1.54, 1.807) is 30.4 Å². The molecule has 0 unspecified atom stereocenters. The molecule has 2 aromatic carbocycles. The van der Waals surface area contributed by atoms with Crippen LogP contribution in [0.25, 0.3) is 6.08 Å². The van der Waals surface area contributed by atoms with Crippen LogP contribution in [0.15, 0.2) is 76.9 Å². The molecule has 0 saturated carbocycles. The lowest BCUT2D eigenvalue weighted by atomic mass is 10.2. The maximum Gasteiger partial charge on any atom is 0.267 e. The highest BCUT2D eigenvalue weighted by Gasteiger charge is 2.13. The monoisotopic (exact) mass is 428 g/mol. The Morgan fingerprint density at radius 1 is 1.07 bits per heavy atom. The molecule has 2 rings (SSSR count). The molecule has 0 heterocycles. The fourth-order valence-electron chi connectivity index (χ4n) is 2.19. The van der Waals surface area contributed by atoms with Crippen molar-refractivity contribution in [3.8, 4) is 0 Å². The van der Waals surface area contributed by atoms with Gasteiger partial charge in [0.1, 0.15) is 5.70 Å². The first-order valence-corrected chi connectivity index (χ1v) is 9.29. The molecule has 0 aliphatic heterocycles. The summed E-state index contributed by atoms with van der Waals surface area (Å²) in [6.07, 6.45) is 5.54. The molecule has 0 saturated heterocycles.